The number of rotatable bonds is 4. The largest absolute Gasteiger partial charge is 0.370 e. The average molecular weight is 409 g/mol. The first kappa shape index (κ1) is 21.1. The molecule has 1 atom stereocenters. The molecule has 2 fully saturated rings. The van der Waals surface area contributed by atoms with Crippen molar-refractivity contribution in [1.29, 1.82) is 0 Å². The van der Waals surface area contributed by atoms with Gasteiger partial charge in [0, 0.05) is 33.2 Å². The Labute approximate surface area is 168 Å². The lowest BCUT2D eigenvalue weighted by atomic mass is 9.98. The van der Waals surface area contributed by atoms with Crippen molar-refractivity contribution in [2.75, 3.05) is 52.6 Å². The van der Waals surface area contributed by atoms with Crippen molar-refractivity contribution >= 4 is 16.0 Å². The molecule has 1 N–H and O–H groups in total. The molecule has 1 unspecified atom stereocenters. The molecule has 0 aliphatic carbocycles. The van der Waals surface area contributed by atoms with Crippen molar-refractivity contribution in [2.24, 2.45) is 10.9 Å². The van der Waals surface area contributed by atoms with Crippen LogP contribution in [0.25, 0.3) is 0 Å². The third kappa shape index (κ3) is 5.24. The molecule has 8 heteroatoms. The maximum Gasteiger partial charge on any atom is 0.211 e. The van der Waals surface area contributed by atoms with E-state index >= 15 is 0 Å². The summed E-state index contributed by atoms with van der Waals surface area (Å²) in [4.78, 5) is 6.73. The molecule has 156 valence electrons. The quantitative estimate of drug-likeness (QED) is 0.605. The average Bonchev–Trinajstić information content (AvgIpc) is 2.69. The summed E-state index contributed by atoms with van der Waals surface area (Å²) >= 11 is 0. The number of aryl methyl sites for hydroxylation is 1. The van der Waals surface area contributed by atoms with Crippen LogP contribution in [0.2, 0.25) is 0 Å². The van der Waals surface area contributed by atoms with Gasteiger partial charge in [-0.25, -0.2) is 12.7 Å². The summed E-state index contributed by atoms with van der Waals surface area (Å²) in [6, 6.07) is 8.36. The van der Waals surface area contributed by atoms with Gasteiger partial charge in [0.05, 0.1) is 19.4 Å². The van der Waals surface area contributed by atoms with Crippen LogP contribution < -0.4 is 5.32 Å². The third-order valence-corrected chi connectivity index (χ3v) is 7.01. The fourth-order valence-corrected chi connectivity index (χ4v) is 4.86. The minimum absolute atomic E-state index is 0.0477. The summed E-state index contributed by atoms with van der Waals surface area (Å²) < 4.78 is 30.9. The summed E-state index contributed by atoms with van der Waals surface area (Å²) in [7, 11) is -1.26. The van der Waals surface area contributed by atoms with E-state index in [2.05, 4.69) is 46.4 Å². The lowest BCUT2D eigenvalue weighted by molar-refractivity contribution is -0.00839. The lowest BCUT2D eigenvalue weighted by Crippen LogP contribution is -2.50. The standard InChI is InChI=1S/C20H32N4O3S/c1-16-6-4-5-7-18(16)19-15-23(12-13-27-19)20(21-2)22-14-17-8-10-24(11-9-17)28(3,25)26/h4-7,17,19H,8-15H2,1-3H3,(H,21,22). The monoisotopic (exact) mass is 408 g/mol. The van der Waals surface area contributed by atoms with E-state index in [1.165, 1.54) is 17.4 Å². The SMILES string of the molecule is CN=C(NCC1CCN(S(C)(=O)=O)CC1)N1CCOC(c2ccccc2C)C1. The van der Waals surface area contributed by atoms with Gasteiger partial charge in [0.15, 0.2) is 5.96 Å². The van der Waals surface area contributed by atoms with Crippen molar-refractivity contribution < 1.29 is 13.2 Å². The minimum atomic E-state index is -3.07. The van der Waals surface area contributed by atoms with E-state index in [1.807, 2.05) is 7.05 Å². The lowest BCUT2D eigenvalue weighted by Gasteiger charge is -2.36. The van der Waals surface area contributed by atoms with Crippen LogP contribution in [0.1, 0.15) is 30.1 Å². The second kappa shape index (κ2) is 9.24. The smallest absolute Gasteiger partial charge is 0.211 e. The van der Waals surface area contributed by atoms with E-state index < -0.39 is 10.0 Å². The number of hydrogen-bond acceptors (Lipinski definition) is 4. The van der Waals surface area contributed by atoms with E-state index in [1.54, 1.807) is 4.31 Å². The van der Waals surface area contributed by atoms with Crippen molar-refractivity contribution in [3.8, 4) is 0 Å². The molecule has 1 aromatic carbocycles. The van der Waals surface area contributed by atoms with Gasteiger partial charge in [0.1, 0.15) is 6.10 Å². The van der Waals surface area contributed by atoms with Crippen LogP contribution in [0.5, 0.6) is 0 Å². The normalized spacial score (nSPS) is 23.0. The molecule has 2 aliphatic heterocycles. The van der Waals surface area contributed by atoms with E-state index in [9.17, 15) is 8.42 Å². The van der Waals surface area contributed by atoms with Gasteiger partial charge >= 0.3 is 0 Å². The predicted octanol–water partition coefficient (Wildman–Crippen LogP) is 1.62. The van der Waals surface area contributed by atoms with Crippen LogP contribution in [0.15, 0.2) is 29.3 Å². The zero-order valence-electron chi connectivity index (χ0n) is 17.1. The summed E-state index contributed by atoms with van der Waals surface area (Å²) in [6.07, 6.45) is 3.10. The maximum atomic E-state index is 11.7. The van der Waals surface area contributed by atoms with E-state index in [0.717, 1.165) is 38.4 Å². The Balaban J connectivity index is 1.53. The first-order valence-electron chi connectivity index (χ1n) is 9.96. The highest BCUT2D eigenvalue weighted by Gasteiger charge is 2.27. The van der Waals surface area contributed by atoms with Gasteiger partial charge in [-0.1, -0.05) is 24.3 Å². The van der Waals surface area contributed by atoms with Gasteiger partial charge < -0.3 is 15.0 Å². The molecular formula is C20H32N4O3S. The van der Waals surface area contributed by atoms with Crippen molar-refractivity contribution in [2.45, 2.75) is 25.9 Å². The summed E-state index contributed by atoms with van der Waals surface area (Å²) in [6.45, 7) is 6.41. The van der Waals surface area contributed by atoms with Gasteiger partial charge in [0.2, 0.25) is 10.0 Å². The Kier molecular flexibility index (Phi) is 6.95. The minimum Gasteiger partial charge on any atom is -0.370 e. The number of guanidine groups is 1. The number of sulfonamides is 1. The fourth-order valence-electron chi connectivity index (χ4n) is 3.99. The third-order valence-electron chi connectivity index (χ3n) is 5.70. The van der Waals surface area contributed by atoms with Crippen LogP contribution in [0.3, 0.4) is 0 Å². The molecule has 0 bridgehead atoms. The van der Waals surface area contributed by atoms with Gasteiger partial charge in [-0.15, -0.1) is 0 Å². The second-order valence-electron chi connectivity index (χ2n) is 7.70. The highest BCUT2D eigenvalue weighted by Crippen LogP contribution is 2.25. The Bertz CT molecular complexity index is 788. The van der Waals surface area contributed by atoms with Gasteiger partial charge in [-0.05, 0) is 36.8 Å². The zero-order chi connectivity index (χ0) is 20.1. The first-order valence-corrected chi connectivity index (χ1v) is 11.8. The Morgan fingerprint density at radius 3 is 2.61 bits per heavy atom. The van der Waals surface area contributed by atoms with Gasteiger partial charge in [-0.2, -0.15) is 0 Å². The molecule has 0 amide bonds. The Hall–Kier alpha value is -1.64. The number of morpholine rings is 1. The topological polar surface area (TPSA) is 74.2 Å². The van der Waals surface area contributed by atoms with Crippen molar-refractivity contribution in [3.63, 3.8) is 0 Å². The predicted molar refractivity (Wildman–Crippen MR) is 112 cm³/mol. The van der Waals surface area contributed by atoms with Crippen molar-refractivity contribution in [3.05, 3.63) is 35.4 Å². The number of ether oxygens (including phenoxy) is 1. The molecule has 3 rings (SSSR count). The summed E-state index contributed by atoms with van der Waals surface area (Å²) in [5, 5.41) is 3.50. The molecule has 0 aromatic heterocycles. The number of aliphatic imine (C=N–C) groups is 1. The van der Waals surface area contributed by atoms with E-state index in [4.69, 9.17) is 4.74 Å². The molecule has 2 heterocycles. The maximum absolute atomic E-state index is 11.7. The van der Waals surface area contributed by atoms with Crippen LogP contribution >= 0.6 is 0 Å². The number of benzene rings is 1. The summed E-state index contributed by atoms with van der Waals surface area (Å²) in [5.74, 6) is 1.36. The molecule has 2 aliphatic rings. The highest BCUT2D eigenvalue weighted by molar-refractivity contribution is 7.88. The Morgan fingerprint density at radius 2 is 1.96 bits per heavy atom. The fraction of sp³-hybridized carbons (Fsp3) is 0.650. The van der Waals surface area contributed by atoms with Crippen LogP contribution in [-0.4, -0.2) is 76.2 Å². The molecule has 0 saturated carbocycles. The number of hydrogen-bond donors (Lipinski definition) is 1. The van der Waals surface area contributed by atoms with Crippen LogP contribution in [-0.2, 0) is 14.8 Å². The van der Waals surface area contributed by atoms with Gasteiger partial charge in [0.25, 0.3) is 0 Å². The molecular weight excluding hydrogens is 376 g/mol. The summed E-state index contributed by atoms with van der Waals surface area (Å²) in [5.41, 5.74) is 2.48. The second-order valence-corrected chi connectivity index (χ2v) is 9.68. The molecule has 28 heavy (non-hydrogen) atoms. The molecule has 0 radical (unpaired) electrons. The number of piperidine rings is 1. The van der Waals surface area contributed by atoms with E-state index in [-0.39, 0.29) is 6.10 Å². The number of nitrogens with zero attached hydrogens (tertiary/aromatic N) is 3. The van der Waals surface area contributed by atoms with Crippen LogP contribution in [0.4, 0.5) is 0 Å². The number of nitrogens with one attached hydrogen (secondary N) is 1. The molecule has 7 nitrogen and oxygen atoms in total. The molecule has 1 aromatic rings. The molecule has 2 saturated heterocycles. The van der Waals surface area contributed by atoms with E-state index in [0.29, 0.717) is 25.6 Å². The van der Waals surface area contributed by atoms with Gasteiger partial charge in [-0.3, -0.25) is 4.99 Å². The zero-order valence-corrected chi connectivity index (χ0v) is 17.9. The first-order chi connectivity index (χ1) is 13.4. The van der Waals surface area contributed by atoms with Crippen LogP contribution in [0, 0.1) is 12.8 Å². The van der Waals surface area contributed by atoms with Crippen molar-refractivity contribution in [1.82, 2.24) is 14.5 Å². The molecule has 0 spiro atoms. The Morgan fingerprint density at radius 1 is 1.25 bits per heavy atom. The highest BCUT2D eigenvalue weighted by atomic mass is 32.2.